The number of benzene rings is 2. The SMILES string of the molecule is CCOc1ccc(O[C@@H](C)C(=O)NNC(=O)CCc2nc3ccccc3[nH]2)cc1. The Balaban J connectivity index is 1.41. The largest absolute Gasteiger partial charge is 0.494 e. The number of H-pyrrole nitrogens is 1. The Labute approximate surface area is 168 Å². The van der Waals surface area contributed by atoms with Gasteiger partial charge in [-0.3, -0.25) is 20.4 Å². The lowest BCUT2D eigenvalue weighted by Crippen LogP contribution is -2.47. The third-order valence-corrected chi connectivity index (χ3v) is 4.17. The molecule has 3 aromatic rings. The molecule has 29 heavy (non-hydrogen) atoms. The van der Waals surface area contributed by atoms with Gasteiger partial charge in [0.1, 0.15) is 17.3 Å². The van der Waals surface area contributed by atoms with Crippen molar-refractivity contribution in [1.29, 1.82) is 0 Å². The summed E-state index contributed by atoms with van der Waals surface area (Å²) in [5.41, 5.74) is 6.56. The lowest BCUT2D eigenvalue weighted by molar-refractivity contribution is -0.132. The van der Waals surface area contributed by atoms with E-state index in [-0.39, 0.29) is 12.3 Å². The highest BCUT2D eigenvalue weighted by molar-refractivity contribution is 5.84. The van der Waals surface area contributed by atoms with Crippen LogP contribution in [0.15, 0.2) is 48.5 Å². The molecule has 0 radical (unpaired) electrons. The van der Waals surface area contributed by atoms with E-state index in [1.807, 2.05) is 31.2 Å². The van der Waals surface area contributed by atoms with Gasteiger partial charge in [0.05, 0.1) is 17.6 Å². The third kappa shape index (κ3) is 5.71. The number of nitrogens with one attached hydrogen (secondary N) is 3. The molecule has 2 amide bonds. The maximum absolute atomic E-state index is 12.1. The van der Waals surface area contributed by atoms with Crippen LogP contribution in [0.5, 0.6) is 11.5 Å². The van der Waals surface area contributed by atoms with Crippen molar-refractivity contribution in [3.63, 3.8) is 0 Å². The number of para-hydroxylation sites is 2. The molecular formula is C21H24N4O4. The molecule has 1 heterocycles. The van der Waals surface area contributed by atoms with Gasteiger partial charge in [0.25, 0.3) is 5.91 Å². The van der Waals surface area contributed by atoms with E-state index < -0.39 is 12.0 Å². The highest BCUT2D eigenvalue weighted by atomic mass is 16.5. The lowest BCUT2D eigenvalue weighted by atomic mass is 10.3. The second-order valence-electron chi connectivity index (χ2n) is 6.40. The summed E-state index contributed by atoms with van der Waals surface area (Å²) in [5.74, 6) is 1.23. The lowest BCUT2D eigenvalue weighted by Gasteiger charge is -2.15. The minimum atomic E-state index is -0.774. The number of hydrogen-bond acceptors (Lipinski definition) is 5. The summed E-state index contributed by atoms with van der Waals surface area (Å²) in [7, 11) is 0. The molecule has 0 saturated heterocycles. The van der Waals surface area contributed by atoms with E-state index in [1.54, 1.807) is 31.2 Å². The van der Waals surface area contributed by atoms with Crippen LogP contribution in [-0.4, -0.2) is 34.5 Å². The zero-order valence-corrected chi connectivity index (χ0v) is 16.4. The molecule has 3 N–H and O–H groups in total. The van der Waals surface area contributed by atoms with E-state index >= 15 is 0 Å². The Kier molecular flexibility index (Phi) is 6.67. The van der Waals surface area contributed by atoms with Crippen molar-refractivity contribution in [2.45, 2.75) is 32.8 Å². The van der Waals surface area contributed by atoms with Crippen LogP contribution in [0.2, 0.25) is 0 Å². The number of aromatic amines is 1. The van der Waals surface area contributed by atoms with E-state index in [9.17, 15) is 9.59 Å². The Morgan fingerprint density at radius 2 is 1.79 bits per heavy atom. The minimum absolute atomic E-state index is 0.189. The van der Waals surface area contributed by atoms with E-state index in [0.717, 1.165) is 22.6 Å². The molecule has 0 fully saturated rings. The van der Waals surface area contributed by atoms with Crippen LogP contribution >= 0.6 is 0 Å². The van der Waals surface area contributed by atoms with Crippen LogP contribution in [0.1, 0.15) is 26.1 Å². The average molecular weight is 396 g/mol. The number of hydrogen-bond donors (Lipinski definition) is 3. The summed E-state index contributed by atoms with van der Waals surface area (Å²) in [6, 6.07) is 14.6. The topological polar surface area (TPSA) is 105 Å². The summed E-state index contributed by atoms with van der Waals surface area (Å²) in [6.07, 6.45) is -0.147. The van der Waals surface area contributed by atoms with E-state index in [0.29, 0.717) is 18.8 Å². The van der Waals surface area contributed by atoms with Crippen molar-refractivity contribution in [2.24, 2.45) is 0 Å². The fourth-order valence-electron chi connectivity index (χ4n) is 2.69. The van der Waals surface area contributed by atoms with Crippen molar-refractivity contribution in [3.05, 3.63) is 54.4 Å². The maximum atomic E-state index is 12.1. The molecule has 0 bridgehead atoms. The maximum Gasteiger partial charge on any atom is 0.279 e. The number of amides is 2. The minimum Gasteiger partial charge on any atom is -0.494 e. The quantitative estimate of drug-likeness (QED) is 0.508. The second kappa shape index (κ2) is 9.59. The molecule has 0 aliphatic rings. The van der Waals surface area contributed by atoms with Gasteiger partial charge in [-0.2, -0.15) is 0 Å². The van der Waals surface area contributed by atoms with Crippen LogP contribution in [-0.2, 0) is 16.0 Å². The monoisotopic (exact) mass is 396 g/mol. The molecule has 0 spiro atoms. The third-order valence-electron chi connectivity index (χ3n) is 4.17. The fraction of sp³-hybridized carbons (Fsp3) is 0.286. The van der Waals surface area contributed by atoms with E-state index in [1.165, 1.54) is 0 Å². The number of hydrazine groups is 1. The highest BCUT2D eigenvalue weighted by Gasteiger charge is 2.15. The van der Waals surface area contributed by atoms with Crippen LogP contribution < -0.4 is 20.3 Å². The molecule has 0 saturated carbocycles. The van der Waals surface area contributed by atoms with Crippen LogP contribution in [0, 0.1) is 0 Å². The fourth-order valence-corrected chi connectivity index (χ4v) is 2.69. The van der Waals surface area contributed by atoms with Gasteiger partial charge in [0.15, 0.2) is 6.10 Å². The molecule has 0 unspecified atom stereocenters. The Bertz CT molecular complexity index is 935. The van der Waals surface area contributed by atoms with Gasteiger partial charge < -0.3 is 14.5 Å². The molecular weight excluding hydrogens is 372 g/mol. The number of imidazole rings is 1. The first-order valence-electron chi connectivity index (χ1n) is 9.47. The normalized spacial score (nSPS) is 11.7. The molecule has 1 atom stereocenters. The van der Waals surface area contributed by atoms with Crippen LogP contribution in [0.25, 0.3) is 11.0 Å². The van der Waals surface area contributed by atoms with Gasteiger partial charge in [-0.25, -0.2) is 4.98 Å². The van der Waals surface area contributed by atoms with Gasteiger partial charge >= 0.3 is 0 Å². The van der Waals surface area contributed by atoms with Crippen molar-refractivity contribution in [1.82, 2.24) is 20.8 Å². The van der Waals surface area contributed by atoms with Crippen molar-refractivity contribution < 1.29 is 19.1 Å². The van der Waals surface area contributed by atoms with Gasteiger partial charge in [0, 0.05) is 12.8 Å². The zero-order valence-electron chi connectivity index (χ0n) is 16.4. The summed E-state index contributed by atoms with van der Waals surface area (Å²) in [5, 5.41) is 0. The van der Waals surface area contributed by atoms with Gasteiger partial charge in [0.2, 0.25) is 5.91 Å². The van der Waals surface area contributed by atoms with E-state index in [4.69, 9.17) is 9.47 Å². The number of fused-ring (bicyclic) bond motifs is 1. The summed E-state index contributed by atoms with van der Waals surface area (Å²) in [4.78, 5) is 31.7. The summed E-state index contributed by atoms with van der Waals surface area (Å²) < 4.78 is 10.9. The number of nitrogens with zero attached hydrogens (tertiary/aromatic N) is 1. The first kappa shape index (κ1) is 20.2. The number of carbonyl (C=O) groups is 2. The molecule has 1 aromatic heterocycles. The predicted molar refractivity (Wildman–Crippen MR) is 108 cm³/mol. The number of aromatic nitrogens is 2. The number of carbonyl (C=O) groups excluding carboxylic acids is 2. The average Bonchev–Trinajstić information content (AvgIpc) is 3.15. The predicted octanol–water partition coefficient (Wildman–Crippen LogP) is 2.51. The Morgan fingerprint density at radius 1 is 1.07 bits per heavy atom. The molecule has 152 valence electrons. The Morgan fingerprint density at radius 3 is 2.52 bits per heavy atom. The highest BCUT2D eigenvalue weighted by Crippen LogP contribution is 2.18. The molecule has 3 rings (SSSR count). The standard InChI is InChI=1S/C21H24N4O4/c1-3-28-15-8-10-16(11-9-15)29-14(2)21(27)25-24-20(26)13-12-19-22-17-6-4-5-7-18(17)23-19/h4-11,14H,3,12-13H2,1-2H3,(H,22,23)(H,24,26)(H,25,27)/t14-/m0/s1. The van der Waals surface area contributed by atoms with E-state index in [2.05, 4.69) is 20.8 Å². The second-order valence-corrected chi connectivity index (χ2v) is 6.40. The van der Waals surface area contributed by atoms with Crippen LogP contribution in [0.3, 0.4) is 0 Å². The molecule has 2 aromatic carbocycles. The number of aryl methyl sites for hydroxylation is 1. The molecule has 8 heteroatoms. The summed E-state index contributed by atoms with van der Waals surface area (Å²) >= 11 is 0. The molecule has 8 nitrogen and oxygen atoms in total. The molecule has 0 aliphatic carbocycles. The Hall–Kier alpha value is -3.55. The van der Waals surface area contributed by atoms with Gasteiger partial charge in [-0.15, -0.1) is 0 Å². The summed E-state index contributed by atoms with van der Waals surface area (Å²) in [6.45, 7) is 4.09. The first-order chi connectivity index (χ1) is 14.0. The number of ether oxygens (including phenoxy) is 2. The first-order valence-corrected chi connectivity index (χ1v) is 9.47. The smallest absolute Gasteiger partial charge is 0.279 e. The van der Waals surface area contributed by atoms with Crippen molar-refractivity contribution >= 4 is 22.8 Å². The van der Waals surface area contributed by atoms with Gasteiger partial charge in [-0.05, 0) is 50.2 Å². The van der Waals surface area contributed by atoms with Crippen LogP contribution in [0.4, 0.5) is 0 Å². The van der Waals surface area contributed by atoms with Gasteiger partial charge in [-0.1, -0.05) is 12.1 Å². The zero-order chi connectivity index (χ0) is 20.6. The van der Waals surface area contributed by atoms with Crippen molar-refractivity contribution in [3.8, 4) is 11.5 Å². The number of rotatable bonds is 8. The molecule has 0 aliphatic heterocycles. The van der Waals surface area contributed by atoms with Crippen molar-refractivity contribution in [2.75, 3.05) is 6.61 Å².